The van der Waals surface area contributed by atoms with E-state index >= 15 is 0 Å². The van der Waals surface area contributed by atoms with Crippen LogP contribution in [-0.2, 0) is 14.8 Å². The first-order valence-corrected chi connectivity index (χ1v) is 7.83. The summed E-state index contributed by atoms with van der Waals surface area (Å²) in [7, 11) is -3.27. The van der Waals surface area contributed by atoms with Crippen molar-refractivity contribution in [2.24, 2.45) is 5.92 Å². The van der Waals surface area contributed by atoms with Crippen LogP contribution in [0, 0.1) is 5.92 Å². The summed E-state index contributed by atoms with van der Waals surface area (Å²) in [6, 6.07) is 0. The lowest BCUT2D eigenvalue weighted by Gasteiger charge is -2.15. The van der Waals surface area contributed by atoms with E-state index < -0.39 is 10.0 Å². The van der Waals surface area contributed by atoms with Gasteiger partial charge in [-0.3, -0.25) is 0 Å². The molecule has 0 aromatic carbocycles. The number of hydrogen-bond acceptors (Lipinski definition) is 4. The number of aliphatic hydroxyl groups is 1. The molecule has 5 nitrogen and oxygen atoms in total. The summed E-state index contributed by atoms with van der Waals surface area (Å²) in [6.45, 7) is 4.29. The van der Waals surface area contributed by atoms with Gasteiger partial charge in [0.1, 0.15) is 0 Å². The van der Waals surface area contributed by atoms with Crippen LogP contribution in [0.15, 0.2) is 0 Å². The minimum Gasteiger partial charge on any atom is -0.393 e. The van der Waals surface area contributed by atoms with Crippen molar-refractivity contribution in [2.75, 3.05) is 18.9 Å². The molecular weight excluding hydrogens is 242 g/mol. The first-order chi connectivity index (χ1) is 7.91. The van der Waals surface area contributed by atoms with Crippen molar-refractivity contribution in [3.05, 3.63) is 0 Å². The maximum Gasteiger partial charge on any atom is 0.213 e. The van der Waals surface area contributed by atoms with Crippen molar-refractivity contribution in [1.82, 2.24) is 4.72 Å². The van der Waals surface area contributed by atoms with E-state index in [0.717, 1.165) is 19.3 Å². The fraction of sp³-hybridized carbons (Fsp3) is 1.00. The highest BCUT2D eigenvalue weighted by atomic mass is 32.2. The van der Waals surface area contributed by atoms with Gasteiger partial charge in [0, 0.05) is 6.54 Å². The second-order valence-electron chi connectivity index (χ2n) is 4.85. The van der Waals surface area contributed by atoms with Crippen molar-refractivity contribution in [2.45, 2.75) is 45.3 Å². The Kier molecular flexibility index (Phi) is 5.85. The lowest BCUT2D eigenvalue weighted by Crippen LogP contribution is -2.35. The Morgan fingerprint density at radius 1 is 1.41 bits per heavy atom. The number of rotatable bonds is 7. The Morgan fingerprint density at radius 2 is 2.12 bits per heavy atom. The van der Waals surface area contributed by atoms with Gasteiger partial charge in [0.25, 0.3) is 0 Å². The molecule has 102 valence electrons. The monoisotopic (exact) mass is 265 g/mol. The van der Waals surface area contributed by atoms with E-state index in [0.29, 0.717) is 6.54 Å². The van der Waals surface area contributed by atoms with Crippen molar-refractivity contribution in [3.63, 3.8) is 0 Å². The molecule has 0 aromatic heterocycles. The van der Waals surface area contributed by atoms with Crippen LogP contribution in [0.3, 0.4) is 0 Å². The van der Waals surface area contributed by atoms with Crippen molar-refractivity contribution in [1.29, 1.82) is 0 Å². The van der Waals surface area contributed by atoms with Crippen LogP contribution in [0.25, 0.3) is 0 Å². The number of nitrogens with one attached hydrogen (secondary N) is 1. The molecule has 2 unspecified atom stereocenters. The van der Waals surface area contributed by atoms with E-state index in [1.54, 1.807) is 0 Å². The highest BCUT2D eigenvalue weighted by Gasteiger charge is 2.26. The van der Waals surface area contributed by atoms with Gasteiger partial charge in [0.2, 0.25) is 10.0 Å². The topological polar surface area (TPSA) is 75.6 Å². The number of ether oxygens (including phenoxy) is 1. The van der Waals surface area contributed by atoms with Crippen LogP contribution in [0.2, 0.25) is 0 Å². The Hall–Kier alpha value is -0.170. The van der Waals surface area contributed by atoms with Gasteiger partial charge in [-0.15, -0.1) is 0 Å². The van der Waals surface area contributed by atoms with E-state index in [-0.39, 0.29) is 30.5 Å². The summed E-state index contributed by atoms with van der Waals surface area (Å²) in [5.74, 6) is 0.0457. The van der Waals surface area contributed by atoms with Gasteiger partial charge in [-0.2, -0.15) is 0 Å². The predicted molar refractivity (Wildman–Crippen MR) is 66.2 cm³/mol. The molecule has 17 heavy (non-hydrogen) atoms. The third-order valence-corrected chi connectivity index (χ3v) is 4.30. The molecule has 0 radical (unpaired) electrons. The Bertz CT molecular complexity index is 315. The molecule has 0 bridgehead atoms. The molecule has 1 aliphatic carbocycles. The zero-order valence-corrected chi connectivity index (χ0v) is 11.4. The maximum absolute atomic E-state index is 11.6. The number of hydrogen-bond donors (Lipinski definition) is 2. The molecule has 0 heterocycles. The van der Waals surface area contributed by atoms with Gasteiger partial charge < -0.3 is 9.84 Å². The molecular formula is C11H23NO4S. The first kappa shape index (κ1) is 14.9. The van der Waals surface area contributed by atoms with Crippen molar-refractivity contribution in [3.8, 4) is 0 Å². The Morgan fingerprint density at radius 3 is 2.65 bits per heavy atom. The molecule has 0 amide bonds. The molecule has 0 aliphatic heterocycles. The summed E-state index contributed by atoms with van der Waals surface area (Å²) >= 11 is 0. The van der Waals surface area contributed by atoms with Crippen LogP contribution >= 0.6 is 0 Å². The average Bonchev–Trinajstić information content (AvgIpc) is 2.60. The minimum absolute atomic E-state index is 0.0198. The van der Waals surface area contributed by atoms with Gasteiger partial charge >= 0.3 is 0 Å². The van der Waals surface area contributed by atoms with E-state index in [2.05, 4.69) is 4.72 Å². The van der Waals surface area contributed by atoms with Gasteiger partial charge in [-0.25, -0.2) is 13.1 Å². The van der Waals surface area contributed by atoms with Gasteiger partial charge in [-0.05, 0) is 32.6 Å². The van der Waals surface area contributed by atoms with Crippen LogP contribution in [0.4, 0.5) is 0 Å². The zero-order chi connectivity index (χ0) is 12.9. The van der Waals surface area contributed by atoms with Gasteiger partial charge in [0.15, 0.2) is 0 Å². The lowest BCUT2D eigenvalue weighted by atomic mass is 10.1. The summed E-state index contributed by atoms with van der Waals surface area (Å²) in [5.41, 5.74) is 0. The summed E-state index contributed by atoms with van der Waals surface area (Å²) in [4.78, 5) is 0. The fourth-order valence-electron chi connectivity index (χ4n) is 1.96. The minimum atomic E-state index is -3.27. The second kappa shape index (κ2) is 6.68. The smallest absolute Gasteiger partial charge is 0.213 e. The normalized spacial score (nSPS) is 25.6. The largest absolute Gasteiger partial charge is 0.393 e. The lowest BCUT2D eigenvalue weighted by molar-refractivity contribution is 0.0911. The van der Waals surface area contributed by atoms with Gasteiger partial charge in [-0.1, -0.05) is 6.42 Å². The molecule has 1 saturated carbocycles. The van der Waals surface area contributed by atoms with E-state index in [1.807, 2.05) is 13.8 Å². The van der Waals surface area contributed by atoms with Crippen molar-refractivity contribution >= 4 is 10.0 Å². The Balaban J connectivity index is 2.24. The molecule has 1 aliphatic rings. The number of sulfonamides is 1. The van der Waals surface area contributed by atoms with E-state index in [4.69, 9.17) is 4.74 Å². The van der Waals surface area contributed by atoms with Crippen LogP contribution < -0.4 is 4.72 Å². The van der Waals surface area contributed by atoms with E-state index in [1.165, 1.54) is 0 Å². The van der Waals surface area contributed by atoms with Crippen molar-refractivity contribution < 1.29 is 18.3 Å². The highest BCUT2D eigenvalue weighted by Crippen LogP contribution is 2.24. The summed E-state index contributed by atoms with van der Waals surface area (Å²) in [6.07, 6.45) is 2.34. The van der Waals surface area contributed by atoms with E-state index in [9.17, 15) is 13.5 Å². The quantitative estimate of drug-likeness (QED) is 0.702. The maximum atomic E-state index is 11.6. The molecule has 2 atom stereocenters. The zero-order valence-electron chi connectivity index (χ0n) is 10.6. The molecule has 0 spiro atoms. The summed E-state index contributed by atoms with van der Waals surface area (Å²) in [5, 5.41) is 9.58. The predicted octanol–water partition coefficient (Wildman–Crippen LogP) is 0.492. The number of aliphatic hydroxyl groups excluding tert-OH is 1. The molecule has 0 saturated heterocycles. The summed E-state index contributed by atoms with van der Waals surface area (Å²) < 4.78 is 30.9. The molecule has 1 rings (SSSR count). The fourth-order valence-corrected chi connectivity index (χ4v) is 2.88. The molecule has 2 N–H and O–H groups in total. The molecule has 1 fully saturated rings. The third kappa shape index (κ3) is 5.81. The molecule has 0 aromatic rings. The Labute approximate surface area is 104 Å². The SMILES string of the molecule is CC(C)OCCS(=O)(=O)NCC1CCCC1O. The highest BCUT2D eigenvalue weighted by molar-refractivity contribution is 7.89. The third-order valence-electron chi connectivity index (χ3n) is 2.99. The average molecular weight is 265 g/mol. The first-order valence-electron chi connectivity index (χ1n) is 6.18. The second-order valence-corrected chi connectivity index (χ2v) is 6.77. The van der Waals surface area contributed by atoms with Crippen LogP contribution in [0.5, 0.6) is 0 Å². The molecule has 6 heteroatoms. The van der Waals surface area contributed by atoms with Crippen LogP contribution in [-0.4, -0.2) is 44.6 Å². The standard InChI is InChI=1S/C11H23NO4S/c1-9(2)16-6-7-17(14,15)12-8-10-4-3-5-11(10)13/h9-13H,3-8H2,1-2H3. The van der Waals surface area contributed by atoms with Crippen LogP contribution in [0.1, 0.15) is 33.1 Å². The van der Waals surface area contributed by atoms with Gasteiger partial charge in [0.05, 0.1) is 24.6 Å².